The summed E-state index contributed by atoms with van der Waals surface area (Å²) in [5.74, 6) is 1.63. The van der Waals surface area contributed by atoms with Crippen LogP contribution in [0.1, 0.15) is 23.1 Å². The minimum atomic E-state index is -0.171. The largest absolute Gasteiger partial charge is 0.493 e. The van der Waals surface area contributed by atoms with E-state index in [0.717, 1.165) is 17.0 Å². The van der Waals surface area contributed by atoms with Crippen molar-refractivity contribution in [1.82, 2.24) is 0 Å². The van der Waals surface area contributed by atoms with Gasteiger partial charge in [-0.05, 0) is 73.0 Å². The highest BCUT2D eigenvalue weighted by atomic mass is 35.5. The molecule has 0 unspecified atom stereocenters. The number of aryl methyl sites for hydroxylation is 2. The zero-order valence-electron chi connectivity index (χ0n) is 20.2. The molecular weight excluding hydrogens is 514 g/mol. The van der Waals surface area contributed by atoms with Gasteiger partial charge in [-0.15, -0.1) is 0 Å². The number of halogens is 1. The van der Waals surface area contributed by atoms with Gasteiger partial charge in [0.1, 0.15) is 5.75 Å². The van der Waals surface area contributed by atoms with E-state index in [-0.39, 0.29) is 5.91 Å². The maximum Gasteiger partial charge on any atom is 0.270 e. The number of benzene rings is 3. The van der Waals surface area contributed by atoms with Crippen LogP contribution >= 0.6 is 35.6 Å². The van der Waals surface area contributed by atoms with Gasteiger partial charge in [-0.1, -0.05) is 59.8 Å². The lowest BCUT2D eigenvalue weighted by Gasteiger charge is -2.14. The summed E-state index contributed by atoms with van der Waals surface area (Å²) in [6, 6.07) is 19.0. The molecule has 0 atom stereocenters. The minimum Gasteiger partial charge on any atom is -0.493 e. The molecule has 1 amide bonds. The lowest BCUT2D eigenvalue weighted by Crippen LogP contribution is -2.27. The number of methoxy groups -OCH3 is 1. The van der Waals surface area contributed by atoms with E-state index in [9.17, 15) is 4.79 Å². The van der Waals surface area contributed by atoms with Gasteiger partial charge in [0.25, 0.3) is 5.91 Å². The van der Waals surface area contributed by atoms with E-state index >= 15 is 0 Å². The number of anilines is 1. The quantitative estimate of drug-likeness (QED) is 0.162. The first-order chi connectivity index (χ1) is 17.4. The third kappa shape index (κ3) is 6.22. The van der Waals surface area contributed by atoms with Crippen LogP contribution in [-0.4, -0.2) is 30.6 Å². The average molecular weight is 540 g/mol. The SMILES string of the molecule is COc1cc(C=C2SC(=S)N(c3ccccc3)C2=O)cc(Cl)c1OCCCOc1cc(C)cc(C)c1. The molecule has 0 N–H and O–H groups in total. The van der Waals surface area contributed by atoms with Crippen LogP contribution in [-0.2, 0) is 4.79 Å². The van der Waals surface area contributed by atoms with Crippen LogP contribution in [0.2, 0.25) is 5.02 Å². The van der Waals surface area contributed by atoms with E-state index in [1.807, 2.05) is 56.3 Å². The van der Waals surface area contributed by atoms with Crippen LogP contribution in [0.3, 0.4) is 0 Å². The van der Waals surface area contributed by atoms with Gasteiger partial charge in [0.2, 0.25) is 0 Å². The van der Waals surface area contributed by atoms with E-state index in [1.165, 1.54) is 27.8 Å². The van der Waals surface area contributed by atoms with Gasteiger partial charge in [-0.2, -0.15) is 0 Å². The molecule has 1 fully saturated rings. The molecule has 0 aromatic heterocycles. The number of carbonyl (C=O) groups excluding carboxylic acids is 1. The molecule has 4 rings (SSSR count). The molecule has 0 radical (unpaired) electrons. The lowest BCUT2D eigenvalue weighted by molar-refractivity contribution is -0.113. The highest BCUT2D eigenvalue weighted by Gasteiger charge is 2.33. The van der Waals surface area contributed by atoms with Gasteiger partial charge < -0.3 is 14.2 Å². The third-order valence-electron chi connectivity index (χ3n) is 5.36. The van der Waals surface area contributed by atoms with Crippen molar-refractivity contribution < 1.29 is 19.0 Å². The van der Waals surface area contributed by atoms with Crippen LogP contribution in [0.25, 0.3) is 6.08 Å². The Morgan fingerprint density at radius 3 is 2.39 bits per heavy atom. The van der Waals surface area contributed by atoms with E-state index in [1.54, 1.807) is 25.3 Å². The first-order valence-electron chi connectivity index (χ1n) is 11.4. The molecule has 0 spiro atoms. The van der Waals surface area contributed by atoms with Gasteiger partial charge in [0.05, 0.1) is 35.9 Å². The summed E-state index contributed by atoms with van der Waals surface area (Å²) >= 11 is 13.2. The molecule has 1 aliphatic rings. The van der Waals surface area contributed by atoms with Crippen LogP contribution in [0.5, 0.6) is 17.2 Å². The maximum atomic E-state index is 13.0. The minimum absolute atomic E-state index is 0.171. The fourth-order valence-electron chi connectivity index (χ4n) is 3.82. The van der Waals surface area contributed by atoms with Crippen molar-refractivity contribution in [2.24, 2.45) is 0 Å². The van der Waals surface area contributed by atoms with Gasteiger partial charge in [0, 0.05) is 6.42 Å². The lowest BCUT2D eigenvalue weighted by atomic mass is 10.1. The molecular formula is C28H26ClNO4S2. The number of amides is 1. The van der Waals surface area contributed by atoms with Crippen molar-refractivity contribution in [2.75, 3.05) is 25.2 Å². The summed E-state index contributed by atoms with van der Waals surface area (Å²) in [5, 5.41) is 0.398. The summed E-state index contributed by atoms with van der Waals surface area (Å²) in [5.41, 5.74) is 3.79. The Kier molecular flexibility index (Phi) is 8.56. The standard InChI is InChI=1S/C28H26ClNO4S2/c1-18-12-19(2)14-22(13-18)33-10-7-11-34-26-23(29)15-20(16-24(26)32-3)17-25-27(31)30(28(35)36-25)21-8-5-4-6-9-21/h4-6,8-9,12-17H,7,10-11H2,1-3H3. The van der Waals surface area contributed by atoms with Crippen molar-refractivity contribution in [1.29, 1.82) is 0 Å². The van der Waals surface area contributed by atoms with E-state index in [2.05, 4.69) is 6.07 Å². The second-order valence-electron chi connectivity index (χ2n) is 8.26. The highest BCUT2D eigenvalue weighted by molar-refractivity contribution is 8.27. The van der Waals surface area contributed by atoms with Gasteiger partial charge in [0.15, 0.2) is 15.8 Å². The fourth-order valence-corrected chi connectivity index (χ4v) is 5.39. The summed E-state index contributed by atoms with van der Waals surface area (Å²) in [6.07, 6.45) is 2.44. The first kappa shape index (κ1) is 26.1. The fraction of sp³-hybridized carbons (Fsp3) is 0.214. The molecule has 3 aromatic rings. The number of para-hydroxylation sites is 1. The second-order valence-corrected chi connectivity index (χ2v) is 10.3. The molecule has 1 saturated heterocycles. The number of rotatable bonds is 9. The molecule has 0 aliphatic carbocycles. The number of carbonyl (C=O) groups is 1. The smallest absolute Gasteiger partial charge is 0.270 e. The molecule has 8 heteroatoms. The van der Waals surface area contributed by atoms with Crippen molar-refractivity contribution in [3.8, 4) is 17.2 Å². The van der Waals surface area contributed by atoms with E-state index in [4.69, 9.17) is 38.0 Å². The van der Waals surface area contributed by atoms with E-state index < -0.39 is 0 Å². The van der Waals surface area contributed by atoms with Gasteiger partial charge >= 0.3 is 0 Å². The molecule has 1 heterocycles. The Balaban J connectivity index is 1.41. The van der Waals surface area contributed by atoms with E-state index in [0.29, 0.717) is 45.4 Å². The molecule has 5 nitrogen and oxygen atoms in total. The summed E-state index contributed by atoms with van der Waals surface area (Å²) in [4.78, 5) is 15.1. The number of hydrogen-bond acceptors (Lipinski definition) is 6. The molecule has 186 valence electrons. The van der Waals surface area contributed by atoms with Crippen molar-refractivity contribution in [3.63, 3.8) is 0 Å². The number of hydrogen-bond donors (Lipinski definition) is 0. The Morgan fingerprint density at radius 2 is 1.69 bits per heavy atom. The number of thioether (sulfide) groups is 1. The summed E-state index contributed by atoms with van der Waals surface area (Å²) in [6.45, 7) is 5.03. The summed E-state index contributed by atoms with van der Waals surface area (Å²) < 4.78 is 17.8. The topological polar surface area (TPSA) is 48.0 Å². The molecule has 3 aromatic carbocycles. The first-order valence-corrected chi connectivity index (χ1v) is 13.0. The average Bonchev–Trinajstić information content (AvgIpc) is 3.12. The predicted octanol–water partition coefficient (Wildman–Crippen LogP) is 7.22. The van der Waals surface area contributed by atoms with Crippen molar-refractivity contribution in [3.05, 3.63) is 87.3 Å². The third-order valence-corrected chi connectivity index (χ3v) is 6.94. The van der Waals surface area contributed by atoms with Crippen LogP contribution < -0.4 is 19.1 Å². The zero-order valence-corrected chi connectivity index (χ0v) is 22.6. The normalized spacial score (nSPS) is 14.4. The Morgan fingerprint density at radius 1 is 1.00 bits per heavy atom. The number of thiocarbonyl (C=S) groups is 1. The number of nitrogens with zero attached hydrogens (tertiary/aromatic N) is 1. The van der Waals surface area contributed by atoms with Crippen molar-refractivity contribution >= 4 is 57.6 Å². The highest BCUT2D eigenvalue weighted by Crippen LogP contribution is 2.40. The number of ether oxygens (including phenoxy) is 3. The maximum absolute atomic E-state index is 13.0. The van der Waals surface area contributed by atoms with Gasteiger partial charge in [-0.3, -0.25) is 9.69 Å². The Labute approximate surface area is 226 Å². The van der Waals surface area contributed by atoms with Crippen LogP contribution in [0.4, 0.5) is 5.69 Å². The van der Waals surface area contributed by atoms with Gasteiger partial charge in [-0.25, -0.2) is 0 Å². The molecule has 36 heavy (non-hydrogen) atoms. The summed E-state index contributed by atoms with van der Waals surface area (Å²) in [7, 11) is 1.56. The zero-order chi connectivity index (χ0) is 25.7. The Bertz CT molecular complexity index is 1290. The van der Waals surface area contributed by atoms with Crippen molar-refractivity contribution in [2.45, 2.75) is 20.3 Å². The second kappa shape index (κ2) is 11.8. The van der Waals surface area contributed by atoms with Crippen LogP contribution in [0, 0.1) is 13.8 Å². The predicted molar refractivity (Wildman–Crippen MR) is 152 cm³/mol. The van der Waals surface area contributed by atoms with Crippen LogP contribution in [0.15, 0.2) is 65.6 Å². The molecule has 0 bridgehead atoms. The molecule has 1 aliphatic heterocycles. The molecule has 0 saturated carbocycles. The Hall–Kier alpha value is -3.00. The monoisotopic (exact) mass is 539 g/mol.